The molecule has 1 fully saturated rings. The Morgan fingerprint density at radius 2 is 2.25 bits per heavy atom. The van der Waals surface area contributed by atoms with Gasteiger partial charge in [0.15, 0.2) is 0 Å². The summed E-state index contributed by atoms with van der Waals surface area (Å²) in [6.45, 7) is 1.24. The third-order valence-corrected chi connectivity index (χ3v) is 4.63. The highest BCUT2D eigenvalue weighted by molar-refractivity contribution is 5.89. The topological polar surface area (TPSA) is 87.0 Å². The van der Waals surface area contributed by atoms with Crippen LogP contribution >= 0.6 is 0 Å². The molecular weight excluding hydrogens is 306 g/mol. The van der Waals surface area contributed by atoms with E-state index >= 15 is 0 Å². The fraction of sp³-hybridized carbons (Fsp3) is 0.353. The molecule has 2 aromatic heterocycles. The number of hydrogen-bond donors (Lipinski definition) is 2. The Balaban J connectivity index is 1.44. The minimum Gasteiger partial charge on any atom is -0.386 e. The van der Waals surface area contributed by atoms with Crippen LogP contribution in [0.15, 0.2) is 42.9 Å². The Labute approximate surface area is 138 Å². The van der Waals surface area contributed by atoms with Crippen molar-refractivity contribution in [3.05, 3.63) is 48.4 Å². The molecule has 1 aliphatic heterocycles. The van der Waals surface area contributed by atoms with Crippen LogP contribution in [-0.4, -0.2) is 54.6 Å². The molecule has 1 aromatic carbocycles. The first-order valence-corrected chi connectivity index (χ1v) is 8.02. The van der Waals surface area contributed by atoms with E-state index in [9.17, 15) is 9.90 Å². The van der Waals surface area contributed by atoms with Gasteiger partial charge in [0.05, 0.1) is 25.7 Å². The number of β-amino-alcohol motifs (C(OH)–C–C–N with tert-alkyl or cyclic N) is 1. The fourth-order valence-corrected chi connectivity index (χ4v) is 3.37. The van der Waals surface area contributed by atoms with Gasteiger partial charge < -0.3 is 15.0 Å². The smallest absolute Gasteiger partial charge is 0.227 e. The van der Waals surface area contributed by atoms with Gasteiger partial charge in [-0.15, -0.1) is 5.10 Å². The Kier molecular flexibility index (Phi) is 3.57. The van der Waals surface area contributed by atoms with Crippen molar-refractivity contribution < 1.29 is 9.90 Å². The summed E-state index contributed by atoms with van der Waals surface area (Å²) in [5.41, 5.74) is 1.08. The number of hydrogen-bond acceptors (Lipinski definition) is 4. The van der Waals surface area contributed by atoms with Crippen molar-refractivity contribution in [2.75, 3.05) is 13.1 Å². The highest BCUT2D eigenvalue weighted by Crippen LogP contribution is 2.25. The van der Waals surface area contributed by atoms with Gasteiger partial charge in [0, 0.05) is 29.8 Å². The second-order valence-corrected chi connectivity index (χ2v) is 6.43. The van der Waals surface area contributed by atoms with Crippen LogP contribution in [0.2, 0.25) is 0 Å². The number of fused-ring (bicyclic) bond motifs is 1. The van der Waals surface area contributed by atoms with Crippen molar-refractivity contribution >= 4 is 16.8 Å². The predicted octanol–water partition coefficient (Wildman–Crippen LogP) is 0.965. The number of H-pyrrole nitrogens is 1. The molecule has 0 bridgehead atoms. The zero-order valence-corrected chi connectivity index (χ0v) is 13.2. The molecule has 2 N–H and O–H groups in total. The van der Waals surface area contributed by atoms with Gasteiger partial charge in [-0.3, -0.25) is 4.79 Å². The van der Waals surface area contributed by atoms with E-state index in [1.165, 1.54) is 0 Å². The molecule has 3 aromatic rings. The van der Waals surface area contributed by atoms with Crippen molar-refractivity contribution in [3.63, 3.8) is 0 Å². The van der Waals surface area contributed by atoms with Crippen LogP contribution in [0.3, 0.4) is 0 Å². The van der Waals surface area contributed by atoms with Crippen LogP contribution in [0, 0.1) is 0 Å². The molecule has 0 saturated carbocycles. The molecule has 7 heteroatoms. The van der Waals surface area contributed by atoms with E-state index in [4.69, 9.17) is 0 Å². The zero-order valence-electron chi connectivity index (χ0n) is 13.2. The van der Waals surface area contributed by atoms with Crippen LogP contribution in [0.25, 0.3) is 10.9 Å². The van der Waals surface area contributed by atoms with Crippen molar-refractivity contribution in [3.8, 4) is 0 Å². The van der Waals surface area contributed by atoms with Gasteiger partial charge in [-0.25, -0.2) is 4.68 Å². The Morgan fingerprint density at radius 3 is 3.08 bits per heavy atom. The maximum atomic E-state index is 12.6. The Morgan fingerprint density at radius 1 is 1.38 bits per heavy atom. The van der Waals surface area contributed by atoms with Gasteiger partial charge in [-0.1, -0.05) is 23.4 Å². The van der Waals surface area contributed by atoms with Gasteiger partial charge in [0.25, 0.3) is 0 Å². The quantitative estimate of drug-likeness (QED) is 0.748. The number of aromatic amines is 1. The number of aliphatic hydroxyl groups is 1. The lowest BCUT2D eigenvalue weighted by Crippen LogP contribution is -2.40. The molecule has 0 aliphatic carbocycles. The van der Waals surface area contributed by atoms with E-state index in [1.54, 1.807) is 22.0 Å². The van der Waals surface area contributed by atoms with Crippen molar-refractivity contribution in [2.45, 2.75) is 25.0 Å². The van der Waals surface area contributed by atoms with E-state index in [0.717, 1.165) is 16.5 Å². The van der Waals surface area contributed by atoms with Crippen LogP contribution in [0.5, 0.6) is 0 Å². The number of nitrogens with zero attached hydrogens (tertiary/aromatic N) is 4. The summed E-state index contributed by atoms with van der Waals surface area (Å²) >= 11 is 0. The number of rotatable bonds is 4. The number of amides is 1. The monoisotopic (exact) mass is 325 g/mol. The van der Waals surface area contributed by atoms with Gasteiger partial charge in [-0.05, 0) is 18.1 Å². The molecular formula is C17H19N5O2. The van der Waals surface area contributed by atoms with Gasteiger partial charge in [0.1, 0.15) is 5.60 Å². The van der Waals surface area contributed by atoms with Gasteiger partial charge in [-0.2, -0.15) is 0 Å². The lowest BCUT2D eigenvalue weighted by atomic mass is 10.0. The van der Waals surface area contributed by atoms with E-state index in [2.05, 4.69) is 15.3 Å². The maximum Gasteiger partial charge on any atom is 0.227 e. The van der Waals surface area contributed by atoms with E-state index in [1.807, 2.05) is 30.5 Å². The van der Waals surface area contributed by atoms with E-state index in [0.29, 0.717) is 32.5 Å². The minimum absolute atomic E-state index is 0.0364. The summed E-state index contributed by atoms with van der Waals surface area (Å²) < 4.78 is 1.60. The average molecular weight is 325 g/mol. The van der Waals surface area contributed by atoms with Crippen LogP contribution in [0.4, 0.5) is 0 Å². The first-order chi connectivity index (χ1) is 11.6. The normalized spacial score (nSPS) is 20.8. The molecule has 1 amide bonds. The lowest BCUT2D eigenvalue weighted by Gasteiger charge is -2.23. The minimum atomic E-state index is -0.941. The van der Waals surface area contributed by atoms with Crippen molar-refractivity contribution in [2.24, 2.45) is 0 Å². The molecule has 1 unspecified atom stereocenters. The van der Waals surface area contributed by atoms with Crippen molar-refractivity contribution in [1.29, 1.82) is 0 Å². The molecule has 1 atom stereocenters. The predicted molar refractivity (Wildman–Crippen MR) is 88.2 cm³/mol. The zero-order chi connectivity index (χ0) is 16.6. The Hall–Kier alpha value is -2.67. The number of aromatic nitrogens is 4. The SMILES string of the molecule is O=C(Cc1c[nH]c2ccccc12)N1CCC(O)(Cn2ccnn2)C1. The third-order valence-electron chi connectivity index (χ3n) is 4.63. The Bertz CT molecular complexity index is 857. The summed E-state index contributed by atoms with van der Waals surface area (Å²) in [6.07, 6.45) is 6.07. The highest BCUT2D eigenvalue weighted by atomic mass is 16.3. The molecule has 1 aliphatic rings. The number of likely N-dealkylation sites (tertiary alicyclic amines) is 1. The molecule has 7 nitrogen and oxygen atoms in total. The summed E-state index contributed by atoms with van der Waals surface area (Å²) in [6, 6.07) is 7.95. The molecule has 0 radical (unpaired) electrons. The van der Waals surface area contributed by atoms with Gasteiger partial charge in [0.2, 0.25) is 5.91 Å². The molecule has 124 valence electrons. The first kappa shape index (κ1) is 14.9. The summed E-state index contributed by atoms with van der Waals surface area (Å²) in [7, 11) is 0. The third kappa shape index (κ3) is 2.78. The summed E-state index contributed by atoms with van der Waals surface area (Å²) in [5.74, 6) is 0.0364. The fourth-order valence-electron chi connectivity index (χ4n) is 3.37. The van der Waals surface area contributed by atoms with E-state index < -0.39 is 5.60 Å². The van der Waals surface area contributed by atoms with Crippen LogP contribution < -0.4 is 0 Å². The first-order valence-electron chi connectivity index (χ1n) is 8.02. The molecule has 1 saturated heterocycles. The van der Waals surface area contributed by atoms with Crippen LogP contribution in [-0.2, 0) is 17.8 Å². The molecule has 4 rings (SSSR count). The average Bonchev–Trinajstić information content (AvgIpc) is 3.29. The second-order valence-electron chi connectivity index (χ2n) is 6.43. The standard InChI is InChI=1S/C17H19N5O2/c23-16(9-13-10-18-15-4-2-1-3-14(13)15)21-7-5-17(24,11-21)12-22-8-6-19-20-22/h1-4,6,8,10,18,24H,5,7,9,11-12H2. The molecule has 3 heterocycles. The summed E-state index contributed by atoms with van der Waals surface area (Å²) in [4.78, 5) is 17.5. The summed E-state index contributed by atoms with van der Waals surface area (Å²) in [5, 5.41) is 19.4. The maximum absolute atomic E-state index is 12.6. The molecule has 24 heavy (non-hydrogen) atoms. The second kappa shape index (κ2) is 5.76. The van der Waals surface area contributed by atoms with Gasteiger partial charge >= 0.3 is 0 Å². The van der Waals surface area contributed by atoms with Crippen LogP contribution in [0.1, 0.15) is 12.0 Å². The number of carbonyl (C=O) groups is 1. The molecule has 0 spiro atoms. The number of benzene rings is 1. The van der Waals surface area contributed by atoms with Crippen molar-refractivity contribution in [1.82, 2.24) is 24.9 Å². The number of para-hydroxylation sites is 1. The largest absolute Gasteiger partial charge is 0.386 e. The number of carbonyl (C=O) groups excluding carboxylic acids is 1. The number of nitrogens with one attached hydrogen (secondary N) is 1. The highest BCUT2D eigenvalue weighted by Gasteiger charge is 2.38. The van der Waals surface area contributed by atoms with E-state index in [-0.39, 0.29) is 5.91 Å². The lowest BCUT2D eigenvalue weighted by molar-refractivity contribution is -0.130.